The Balaban J connectivity index is 2.13. The minimum absolute atomic E-state index is 0.156. The molecule has 5 nitrogen and oxygen atoms in total. The number of fused-ring (bicyclic) bond motifs is 1. The topological polar surface area (TPSA) is 71.5 Å². The highest BCUT2D eigenvalue weighted by Gasteiger charge is 2.19. The van der Waals surface area contributed by atoms with E-state index in [0.717, 1.165) is 10.0 Å². The van der Waals surface area contributed by atoms with Gasteiger partial charge in [0, 0.05) is 11.8 Å². The number of carbonyl (C=O) groups is 1. The predicted octanol–water partition coefficient (Wildman–Crippen LogP) is 2.91. The molecule has 0 fully saturated rings. The molecule has 1 aromatic carbocycles. The molecule has 0 amide bonds. The van der Waals surface area contributed by atoms with Crippen LogP contribution in [0.5, 0.6) is 11.5 Å². The van der Waals surface area contributed by atoms with Crippen molar-refractivity contribution >= 4 is 21.9 Å². The molecule has 0 spiro atoms. The lowest BCUT2D eigenvalue weighted by Crippen LogP contribution is -2.15. The first-order valence-corrected chi connectivity index (χ1v) is 6.46. The van der Waals surface area contributed by atoms with Gasteiger partial charge in [-0.3, -0.25) is 0 Å². The number of nitrogens with one attached hydrogen (secondary N) is 1. The predicted molar refractivity (Wildman–Crippen MR) is 71.9 cm³/mol. The van der Waals surface area contributed by atoms with E-state index in [-0.39, 0.29) is 5.69 Å². The first-order chi connectivity index (χ1) is 9.16. The average molecular weight is 324 g/mol. The van der Waals surface area contributed by atoms with Crippen LogP contribution in [0.3, 0.4) is 0 Å². The van der Waals surface area contributed by atoms with Gasteiger partial charge in [-0.2, -0.15) is 0 Å². The maximum Gasteiger partial charge on any atom is 0.352 e. The van der Waals surface area contributed by atoms with Crippen molar-refractivity contribution in [2.24, 2.45) is 0 Å². The Bertz CT molecular complexity index is 650. The average Bonchev–Trinajstić information content (AvgIpc) is 2.88. The van der Waals surface area contributed by atoms with Crippen LogP contribution in [0.4, 0.5) is 0 Å². The molecule has 0 bridgehead atoms. The summed E-state index contributed by atoms with van der Waals surface area (Å²) in [6, 6.07) is 5.33. The molecular formula is C13H10BrNO4. The normalized spacial score (nSPS) is 13.3. The van der Waals surface area contributed by atoms with E-state index >= 15 is 0 Å². The quantitative estimate of drug-likeness (QED) is 0.891. The Kier molecular flexibility index (Phi) is 2.94. The summed E-state index contributed by atoms with van der Waals surface area (Å²) in [6.45, 7) is 0.997. The van der Waals surface area contributed by atoms with Gasteiger partial charge in [-0.1, -0.05) is 0 Å². The lowest BCUT2D eigenvalue weighted by Gasteiger charge is -2.20. The van der Waals surface area contributed by atoms with Crippen LogP contribution in [0.15, 0.2) is 28.9 Å². The van der Waals surface area contributed by atoms with Gasteiger partial charge in [-0.05, 0) is 39.7 Å². The first-order valence-electron chi connectivity index (χ1n) is 5.67. The summed E-state index contributed by atoms with van der Waals surface area (Å²) in [4.78, 5) is 13.8. The van der Waals surface area contributed by atoms with Crippen molar-refractivity contribution in [3.8, 4) is 22.6 Å². The van der Waals surface area contributed by atoms with Crippen LogP contribution < -0.4 is 9.47 Å². The molecule has 2 N–H and O–H groups in total. The van der Waals surface area contributed by atoms with Crippen molar-refractivity contribution in [1.82, 2.24) is 4.98 Å². The molecule has 0 aliphatic carbocycles. The number of aromatic amines is 1. The molecule has 0 saturated heterocycles. The molecule has 0 radical (unpaired) electrons. The molecule has 19 heavy (non-hydrogen) atoms. The zero-order chi connectivity index (χ0) is 13.4. The summed E-state index contributed by atoms with van der Waals surface area (Å²) in [5.41, 5.74) is 1.53. The lowest BCUT2D eigenvalue weighted by molar-refractivity contribution is 0.0692. The second kappa shape index (κ2) is 4.62. The van der Waals surface area contributed by atoms with Crippen molar-refractivity contribution in [1.29, 1.82) is 0 Å². The van der Waals surface area contributed by atoms with Crippen molar-refractivity contribution in [2.75, 3.05) is 13.2 Å². The second-order valence-corrected chi connectivity index (χ2v) is 4.91. The van der Waals surface area contributed by atoms with Gasteiger partial charge in [-0.15, -0.1) is 0 Å². The van der Waals surface area contributed by atoms with Crippen LogP contribution in [0.1, 0.15) is 10.5 Å². The number of carboxylic acid groups (broad SMARTS) is 1. The molecule has 1 aliphatic heterocycles. The van der Waals surface area contributed by atoms with Crippen LogP contribution in [-0.4, -0.2) is 29.3 Å². The van der Waals surface area contributed by atoms with Gasteiger partial charge < -0.3 is 19.6 Å². The maximum atomic E-state index is 11.1. The summed E-state index contributed by atoms with van der Waals surface area (Å²) in [7, 11) is 0. The van der Waals surface area contributed by atoms with Crippen molar-refractivity contribution in [3.05, 3.63) is 34.6 Å². The lowest BCUT2D eigenvalue weighted by atomic mass is 10.1. The fourth-order valence-corrected chi connectivity index (χ4v) is 2.61. The minimum atomic E-state index is -0.994. The van der Waals surface area contributed by atoms with Gasteiger partial charge in [0.05, 0.1) is 4.47 Å². The number of benzene rings is 1. The first kappa shape index (κ1) is 12.1. The summed E-state index contributed by atoms with van der Waals surface area (Å²) in [6.07, 6.45) is 1.60. The minimum Gasteiger partial charge on any atom is -0.486 e. The van der Waals surface area contributed by atoms with Gasteiger partial charge in [0.15, 0.2) is 11.5 Å². The van der Waals surface area contributed by atoms with Gasteiger partial charge in [0.2, 0.25) is 0 Å². The van der Waals surface area contributed by atoms with Crippen LogP contribution >= 0.6 is 15.9 Å². The van der Waals surface area contributed by atoms with Crippen LogP contribution in [0, 0.1) is 0 Å². The van der Waals surface area contributed by atoms with E-state index in [9.17, 15) is 4.79 Å². The summed E-state index contributed by atoms with van der Waals surface area (Å²) in [5.74, 6) is 0.279. The highest BCUT2D eigenvalue weighted by atomic mass is 79.9. The standard InChI is InChI=1S/C13H10BrNO4/c14-9-5-7(6-10-12(9)19-4-3-18-10)8-1-2-15-11(8)13(16)17/h1-2,5-6,15H,3-4H2,(H,16,17). The smallest absolute Gasteiger partial charge is 0.352 e. The van der Waals surface area contributed by atoms with Crippen LogP contribution in [0.25, 0.3) is 11.1 Å². The largest absolute Gasteiger partial charge is 0.486 e. The molecule has 0 unspecified atom stereocenters. The highest BCUT2D eigenvalue weighted by Crippen LogP contribution is 2.41. The zero-order valence-corrected chi connectivity index (χ0v) is 11.4. The molecule has 98 valence electrons. The van der Waals surface area contributed by atoms with E-state index in [4.69, 9.17) is 14.6 Å². The molecule has 3 rings (SSSR count). The highest BCUT2D eigenvalue weighted by molar-refractivity contribution is 9.10. The Hall–Kier alpha value is -1.95. The zero-order valence-electron chi connectivity index (χ0n) is 9.77. The number of aromatic carboxylic acids is 1. The number of H-pyrrole nitrogens is 1. The van der Waals surface area contributed by atoms with Crippen molar-refractivity contribution in [3.63, 3.8) is 0 Å². The van der Waals surface area contributed by atoms with E-state index < -0.39 is 5.97 Å². The van der Waals surface area contributed by atoms with E-state index in [1.807, 2.05) is 6.07 Å². The molecule has 2 heterocycles. The maximum absolute atomic E-state index is 11.1. The van der Waals surface area contributed by atoms with Crippen LogP contribution in [0.2, 0.25) is 0 Å². The van der Waals surface area contributed by atoms with E-state index in [1.165, 1.54) is 0 Å². The van der Waals surface area contributed by atoms with Gasteiger partial charge >= 0.3 is 5.97 Å². The van der Waals surface area contributed by atoms with Crippen molar-refractivity contribution in [2.45, 2.75) is 0 Å². The third-order valence-corrected chi connectivity index (χ3v) is 3.46. The number of ether oxygens (including phenoxy) is 2. The van der Waals surface area contributed by atoms with Gasteiger partial charge in [-0.25, -0.2) is 4.79 Å². The van der Waals surface area contributed by atoms with Gasteiger partial charge in [0.1, 0.15) is 18.9 Å². The number of hydrogen-bond donors (Lipinski definition) is 2. The number of hydrogen-bond acceptors (Lipinski definition) is 3. The third-order valence-electron chi connectivity index (χ3n) is 2.87. The summed E-state index contributed by atoms with van der Waals surface area (Å²) in [5, 5.41) is 9.12. The van der Waals surface area contributed by atoms with Crippen molar-refractivity contribution < 1.29 is 19.4 Å². The number of halogens is 1. The number of rotatable bonds is 2. The molecule has 0 atom stereocenters. The fourth-order valence-electron chi connectivity index (χ4n) is 2.05. The second-order valence-electron chi connectivity index (χ2n) is 4.05. The number of carboxylic acids is 1. The summed E-state index contributed by atoms with van der Waals surface area (Å²) >= 11 is 3.42. The van der Waals surface area contributed by atoms with E-state index in [2.05, 4.69) is 20.9 Å². The third kappa shape index (κ3) is 2.08. The Labute approximate surface area is 117 Å². The molecular weight excluding hydrogens is 314 g/mol. The Morgan fingerprint density at radius 2 is 2.11 bits per heavy atom. The van der Waals surface area contributed by atoms with E-state index in [1.54, 1.807) is 18.3 Å². The van der Waals surface area contributed by atoms with Gasteiger partial charge in [0.25, 0.3) is 0 Å². The fraction of sp³-hybridized carbons (Fsp3) is 0.154. The Morgan fingerprint density at radius 3 is 2.89 bits per heavy atom. The van der Waals surface area contributed by atoms with E-state index in [0.29, 0.717) is 30.3 Å². The molecule has 1 aliphatic rings. The van der Waals surface area contributed by atoms with Crippen LogP contribution in [-0.2, 0) is 0 Å². The molecule has 2 aromatic rings. The Morgan fingerprint density at radius 1 is 1.32 bits per heavy atom. The monoisotopic (exact) mass is 323 g/mol. The number of aromatic nitrogens is 1. The molecule has 6 heteroatoms. The summed E-state index contributed by atoms with van der Waals surface area (Å²) < 4.78 is 11.8. The molecule has 1 aromatic heterocycles. The molecule has 0 saturated carbocycles. The SMILES string of the molecule is O=C(O)c1[nH]ccc1-c1cc(Br)c2c(c1)OCCO2.